The molecule has 7 nitrogen and oxygen atoms in total. The normalized spacial score (nSPS) is 12.1. The number of aromatic carboxylic acids is 1. The number of azide groups is 1. The van der Waals surface area contributed by atoms with E-state index >= 15 is 0 Å². The molecular weight excluding hydrogens is 234 g/mol. The number of hydrogen-bond acceptors (Lipinski definition) is 3. The Morgan fingerprint density at radius 2 is 2.44 bits per heavy atom. The van der Waals surface area contributed by atoms with Crippen molar-refractivity contribution in [2.75, 3.05) is 0 Å². The summed E-state index contributed by atoms with van der Waals surface area (Å²) in [6, 6.07) is 4.56. The molecule has 0 aliphatic heterocycles. The molecule has 0 spiro atoms. The van der Waals surface area contributed by atoms with Gasteiger partial charge in [0.2, 0.25) is 0 Å². The maximum atomic E-state index is 10.9. The smallest absolute Gasteiger partial charge is 0.335 e. The summed E-state index contributed by atoms with van der Waals surface area (Å²) in [6.07, 6.45) is 1.66. The van der Waals surface area contributed by atoms with Gasteiger partial charge in [0.15, 0.2) is 0 Å². The highest BCUT2D eigenvalue weighted by Gasteiger charge is 2.09. The van der Waals surface area contributed by atoms with E-state index in [2.05, 4.69) is 15.1 Å². The van der Waals surface area contributed by atoms with Gasteiger partial charge in [0, 0.05) is 16.8 Å². The van der Waals surface area contributed by atoms with Crippen LogP contribution >= 0.6 is 0 Å². The molecule has 0 fully saturated rings. The number of benzene rings is 1. The van der Waals surface area contributed by atoms with E-state index in [0.29, 0.717) is 6.54 Å². The number of aromatic nitrogens is 2. The van der Waals surface area contributed by atoms with Gasteiger partial charge in [-0.3, -0.25) is 4.68 Å². The molecule has 7 heteroatoms. The molecular formula is C11H11N5O2. The highest BCUT2D eigenvalue weighted by Crippen LogP contribution is 2.16. The SMILES string of the molecule is C[C@@H](Cn1ncc2ccc(C(=O)O)cc21)N=[N+]=[N-]. The lowest BCUT2D eigenvalue weighted by atomic mass is 10.1. The van der Waals surface area contributed by atoms with Gasteiger partial charge in [-0.05, 0) is 17.7 Å². The maximum absolute atomic E-state index is 10.9. The molecule has 0 aliphatic carbocycles. The third-order valence-electron chi connectivity index (χ3n) is 2.58. The highest BCUT2D eigenvalue weighted by atomic mass is 16.4. The molecule has 0 radical (unpaired) electrons. The zero-order valence-corrected chi connectivity index (χ0v) is 9.69. The van der Waals surface area contributed by atoms with E-state index in [-0.39, 0.29) is 11.6 Å². The van der Waals surface area contributed by atoms with Crippen LogP contribution in [0.3, 0.4) is 0 Å². The molecule has 0 aliphatic rings. The minimum Gasteiger partial charge on any atom is -0.478 e. The lowest BCUT2D eigenvalue weighted by Gasteiger charge is -2.06. The molecule has 1 N–H and O–H groups in total. The van der Waals surface area contributed by atoms with Gasteiger partial charge in [0.1, 0.15) is 0 Å². The van der Waals surface area contributed by atoms with Crippen molar-refractivity contribution in [3.05, 3.63) is 40.4 Å². The predicted molar refractivity (Wildman–Crippen MR) is 65.3 cm³/mol. The Morgan fingerprint density at radius 1 is 1.67 bits per heavy atom. The van der Waals surface area contributed by atoms with Crippen LogP contribution in [0.2, 0.25) is 0 Å². The zero-order chi connectivity index (χ0) is 13.1. The molecule has 1 aromatic heterocycles. The number of carbonyl (C=O) groups is 1. The molecule has 18 heavy (non-hydrogen) atoms. The van der Waals surface area contributed by atoms with Gasteiger partial charge in [-0.15, -0.1) is 0 Å². The van der Waals surface area contributed by atoms with Crippen LogP contribution in [0.1, 0.15) is 17.3 Å². The van der Waals surface area contributed by atoms with Crippen LogP contribution in [0, 0.1) is 0 Å². The Bertz CT molecular complexity index is 642. The van der Waals surface area contributed by atoms with Gasteiger partial charge in [0.05, 0.1) is 23.3 Å². The molecule has 0 unspecified atom stereocenters. The molecule has 2 rings (SSSR count). The van der Waals surface area contributed by atoms with Crippen LogP contribution in [-0.4, -0.2) is 26.9 Å². The summed E-state index contributed by atoms with van der Waals surface area (Å²) in [6.45, 7) is 2.19. The van der Waals surface area contributed by atoms with Crippen LogP contribution in [0.4, 0.5) is 0 Å². The second-order valence-corrected chi connectivity index (χ2v) is 3.96. The molecule has 0 saturated heterocycles. The predicted octanol–water partition coefficient (Wildman–Crippen LogP) is 2.43. The Hall–Kier alpha value is -2.53. The van der Waals surface area contributed by atoms with Crippen molar-refractivity contribution in [2.24, 2.45) is 5.11 Å². The van der Waals surface area contributed by atoms with E-state index in [1.54, 1.807) is 29.9 Å². The minimum atomic E-state index is -0.979. The maximum Gasteiger partial charge on any atom is 0.335 e. The van der Waals surface area contributed by atoms with Crippen molar-refractivity contribution in [1.82, 2.24) is 9.78 Å². The van der Waals surface area contributed by atoms with E-state index in [1.807, 2.05) is 0 Å². The largest absolute Gasteiger partial charge is 0.478 e. The summed E-state index contributed by atoms with van der Waals surface area (Å²) in [5, 5.41) is 17.5. The molecule has 0 bridgehead atoms. The average molecular weight is 245 g/mol. The number of hydrogen-bond donors (Lipinski definition) is 1. The van der Waals surface area contributed by atoms with E-state index < -0.39 is 5.97 Å². The second-order valence-electron chi connectivity index (χ2n) is 3.96. The summed E-state index contributed by atoms with van der Waals surface area (Å²) in [4.78, 5) is 13.6. The first-order valence-corrected chi connectivity index (χ1v) is 5.35. The van der Waals surface area contributed by atoms with E-state index in [0.717, 1.165) is 10.9 Å². The van der Waals surface area contributed by atoms with Gasteiger partial charge < -0.3 is 5.11 Å². The quantitative estimate of drug-likeness (QED) is 0.508. The molecule has 1 aromatic carbocycles. The summed E-state index contributed by atoms with van der Waals surface area (Å²) >= 11 is 0. The summed E-state index contributed by atoms with van der Waals surface area (Å²) in [5.41, 5.74) is 9.27. The second kappa shape index (κ2) is 4.77. The Morgan fingerprint density at radius 3 is 3.11 bits per heavy atom. The zero-order valence-electron chi connectivity index (χ0n) is 9.69. The fraction of sp³-hybridized carbons (Fsp3) is 0.273. The van der Waals surface area contributed by atoms with Gasteiger partial charge in [-0.25, -0.2) is 4.79 Å². The Kier molecular flexibility index (Phi) is 3.16. The minimum absolute atomic E-state index is 0.209. The van der Waals surface area contributed by atoms with Crippen LogP contribution in [0.5, 0.6) is 0 Å². The van der Waals surface area contributed by atoms with Crippen LogP contribution < -0.4 is 0 Å². The van der Waals surface area contributed by atoms with Crippen LogP contribution in [0.15, 0.2) is 29.5 Å². The highest BCUT2D eigenvalue weighted by molar-refractivity contribution is 5.93. The monoisotopic (exact) mass is 245 g/mol. The summed E-state index contributed by atoms with van der Waals surface area (Å²) < 4.78 is 1.64. The summed E-state index contributed by atoms with van der Waals surface area (Å²) in [5.74, 6) is -0.979. The van der Waals surface area contributed by atoms with Gasteiger partial charge in [-0.2, -0.15) is 5.10 Å². The van der Waals surface area contributed by atoms with Crippen molar-refractivity contribution < 1.29 is 9.90 Å². The Labute approximate surface area is 102 Å². The third-order valence-corrected chi connectivity index (χ3v) is 2.58. The number of fused-ring (bicyclic) bond motifs is 1. The molecule has 1 atom stereocenters. The van der Waals surface area contributed by atoms with Gasteiger partial charge in [-0.1, -0.05) is 18.1 Å². The van der Waals surface area contributed by atoms with Crippen molar-refractivity contribution in [1.29, 1.82) is 0 Å². The van der Waals surface area contributed by atoms with E-state index in [4.69, 9.17) is 10.6 Å². The standard InChI is InChI=1S/C11H11N5O2/c1-7(14-15-12)6-16-10-4-8(11(17)18)2-3-9(10)5-13-16/h2-5,7H,6H2,1H3,(H,17,18)/t7-/m0/s1. The lowest BCUT2D eigenvalue weighted by molar-refractivity contribution is 0.0697. The molecule has 0 saturated carbocycles. The molecule has 0 amide bonds. The fourth-order valence-corrected chi connectivity index (χ4v) is 1.72. The number of carboxylic acid groups (broad SMARTS) is 1. The van der Waals surface area contributed by atoms with Crippen LogP contribution in [0.25, 0.3) is 21.3 Å². The molecule has 1 heterocycles. The topological polar surface area (TPSA) is 104 Å². The molecule has 92 valence electrons. The van der Waals surface area contributed by atoms with Gasteiger partial charge >= 0.3 is 5.97 Å². The van der Waals surface area contributed by atoms with Crippen molar-refractivity contribution in [3.63, 3.8) is 0 Å². The van der Waals surface area contributed by atoms with Crippen molar-refractivity contribution >= 4 is 16.9 Å². The Balaban J connectivity index is 2.42. The first-order chi connectivity index (χ1) is 8.61. The average Bonchev–Trinajstić information content (AvgIpc) is 2.72. The fourth-order valence-electron chi connectivity index (χ4n) is 1.72. The van der Waals surface area contributed by atoms with Crippen molar-refractivity contribution in [2.45, 2.75) is 19.5 Å². The number of carboxylic acids is 1. The molecule has 2 aromatic rings. The third kappa shape index (κ3) is 2.26. The van der Waals surface area contributed by atoms with E-state index in [1.165, 1.54) is 6.07 Å². The van der Waals surface area contributed by atoms with E-state index in [9.17, 15) is 4.79 Å². The van der Waals surface area contributed by atoms with Crippen LogP contribution in [-0.2, 0) is 6.54 Å². The lowest BCUT2D eigenvalue weighted by Crippen LogP contribution is -2.11. The first kappa shape index (κ1) is 11.9. The van der Waals surface area contributed by atoms with Gasteiger partial charge in [0.25, 0.3) is 0 Å². The number of nitrogens with zero attached hydrogens (tertiary/aromatic N) is 5. The number of rotatable bonds is 4. The van der Waals surface area contributed by atoms with Crippen molar-refractivity contribution in [3.8, 4) is 0 Å². The first-order valence-electron chi connectivity index (χ1n) is 5.35. The summed E-state index contributed by atoms with van der Waals surface area (Å²) in [7, 11) is 0.